The first kappa shape index (κ1) is 22.4. The van der Waals surface area contributed by atoms with Crippen LogP contribution in [0.2, 0.25) is 0 Å². The highest BCUT2D eigenvalue weighted by Gasteiger charge is 2.48. The number of carbonyl (C=O) groups is 4. The first-order valence-electron chi connectivity index (χ1n) is 9.84. The Morgan fingerprint density at radius 2 is 1.68 bits per heavy atom. The monoisotopic (exact) mass is 433 g/mol. The average Bonchev–Trinajstić information content (AvgIpc) is 2.73. The molecule has 0 aliphatic carbocycles. The molecule has 1 saturated heterocycles. The van der Waals surface area contributed by atoms with E-state index in [0.717, 1.165) is 6.92 Å². The van der Waals surface area contributed by atoms with Gasteiger partial charge >= 0.3 is 0 Å². The Kier molecular flexibility index (Phi) is 6.10. The molecule has 2 heterocycles. The minimum Gasteiger partial charge on any atom is -0.496 e. The van der Waals surface area contributed by atoms with Crippen molar-refractivity contribution in [3.05, 3.63) is 16.7 Å². The van der Waals surface area contributed by atoms with E-state index < -0.39 is 23.8 Å². The Hall–Kier alpha value is -3.30. The lowest BCUT2D eigenvalue weighted by atomic mass is 9.83. The lowest BCUT2D eigenvalue weighted by molar-refractivity contribution is -0.158. The maximum absolute atomic E-state index is 13.0. The molecule has 1 fully saturated rings. The Balaban J connectivity index is 2.26. The molecule has 0 spiro atoms. The van der Waals surface area contributed by atoms with Crippen molar-refractivity contribution in [1.29, 1.82) is 0 Å². The SMILES string of the molecule is COc1c(C)c(OC)c(OC)c2c1C[C@H]1C(=O)N(C)CC(=O)N1[C@@H]2CNC(=O)C(C)=O. The number of nitrogens with zero attached hydrogens (tertiary/aromatic N) is 2. The first-order chi connectivity index (χ1) is 14.7. The smallest absolute Gasteiger partial charge is 0.287 e. The highest BCUT2D eigenvalue weighted by atomic mass is 16.5. The van der Waals surface area contributed by atoms with E-state index in [1.54, 1.807) is 7.05 Å². The van der Waals surface area contributed by atoms with Gasteiger partial charge in [-0.25, -0.2) is 0 Å². The molecule has 10 heteroatoms. The molecule has 1 aromatic rings. The van der Waals surface area contributed by atoms with Gasteiger partial charge in [-0.15, -0.1) is 0 Å². The molecule has 3 amide bonds. The zero-order chi connectivity index (χ0) is 23.0. The average molecular weight is 433 g/mol. The number of benzene rings is 1. The molecule has 0 radical (unpaired) electrons. The van der Waals surface area contributed by atoms with Gasteiger partial charge in [-0.2, -0.15) is 0 Å². The van der Waals surface area contributed by atoms with Crippen molar-refractivity contribution in [3.63, 3.8) is 0 Å². The first-order valence-corrected chi connectivity index (χ1v) is 9.84. The van der Waals surface area contributed by atoms with Crippen LogP contribution in [-0.2, 0) is 25.6 Å². The fourth-order valence-corrected chi connectivity index (χ4v) is 4.49. The fourth-order valence-electron chi connectivity index (χ4n) is 4.49. The number of amides is 3. The molecular formula is C21H27N3O7. The maximum Gasteiger partial charge on any atom is 0.287 e. The van der Waals surface area contributed by atoms with Gasteiger partial charge in [0.1, 0.15) is 11.8 Å². The molecule has 2 aliphatic rings. The third-order valence-electron chi connectivity index (χ3n) is 5.84. The number of carbonyl (C=O) groups excluding carboxylic acids is 4. The van der Waals surface area contributed by atoms with Crippen LogP contribution in [0, 0.1) is 6.92 Å². The van der Waals surface area contributed by atoms with Crippen LogP contribution < -0.4 is 19.5 Å². The van der Waals surface area contributed by atoms with Gasteiger partial charge in [0.25, 0.3) is 5.91 Å². The van der Waals surface area contributed by atoms with Crippen LogP contribution in [0.15, 0.2) is 0 Å². The summed E-state index contributed by atoms with van der Waals surface area (Å²) in [7, 11) is 6.09. The van der Waals surface area contributed by atoms with Crippen LogP contribution in [0.4, 0.5) is 0 Å². The van der Waals surface area contributed by atoms with E-state index in [2.05, 4.69) is 5.32 Å². The molecule has 0 aromatic heterocycles. The number of likely N-dealkylation sites (N-methyl/N-ethyl adjacent to an activating group) is 1. The van der Waals surface area contributed by atoms with Crippen molar-refractivity contribution >= 4 is 23.5 Å². The van der Waals surface area contributed by atoms with Crippen molar-refractivity contribution in [2.24, 2.45) is 0 Å². The molecule has 31 heavy (non-hydrogen) atoms. The van der Waals surface area contributed by atoms with Gasteiger partial charge in [0.05, 0.1) is 33.9 Å². The lowest BCUT2D eigenvalue weighted by Gasteiger charge is -2.47. The third-order valence-corrected chi connectivity index (χ3v) is 5.84. The fraction of sp³-hybridized carbons (Fsp3) is 0.524. The van der Waals surface area contributed by atoms with Gasteiger partial charge in [0.2, 0.25) is 17.6 Å². The summed E-state index contributed by atoms with van der Waals surface area (Å²) in [5, 5.41) is 2.57. The van der Waals surface area contributed by atoms with Gasteiger partial charge in [-0.1, -0.05) is 0 Å². The summed E-state index contributed by atoms with van der Waals surface area (Å²) < 4.78 is 16.9. The minimum atomic E-state index is -0.776. The standard InChI is InChI=1S/C21H27N3O7/c1-10-17(29-4)12-7-13-21(28)23(3)9-15(26)24(13)14(8-22-20(27)11(2)25)16(12)19(31-6)18(10)30-5/h13-14H,7-9H2,1-6H3,(H,22,27)/t13-,14+/m0/s1. The molecule has 0 bridgehead atoms. The summed E-state index contributed by atoms with van der Waals surface area (Å²) in [4.78, 5) is 52.3. The highest BCUT2D eigenvalue weighted by Crippen LogP contribution is 2.51. The molecule has 0 unspecified atom stereocenters. The summed E-state index contributed by atoms with van der Waals surface area (Å²) >= 11 is 0. The van der Waals surface area contributed by atoms with Gasteiger partial charge in [0, 0.05) is 43.6 Å². The van der Waals surface area contributed by atoms with Gasteiger partial charge < -0.3 is 29.3 Å². The second-order valence-electron chi connectivity index (χ2n) is 7.61. The number of hydrogen-bond donors (Lipinski definition) is 1. The largest absolute Gasteiger partial charge is 0.496 e. The number of methoxy groups -OCH3 is 3. The van der Waals surface area contributed by atoms with Crippen LogP contribution in [0.1, 0.15) is 29.7 Å². The van der Waals surface area contributed by atoms with Crippen molar-refractivity contribution in [2.75, 3.05) is 41.5 Å². The van der Waals surface area contributed by atoms with Crippen LogP contribution in [0.25, 0.3) is 0 Å². The van der Waals surface area contributed by atoms with Crippen molar-refractivity contribution in [3.8, 4) is 17.2 Å². The molecule has 3 rings (SSSR count). The molecule has 1 aromatic carbocycles. The molecule has 10 nitrogen and oxygen atoms in total. The van der Waals surface area contributed by atoms with Gasteiger partial charge in [-0.05, 0) is 6.92 Å². The Bertz CT molecular complexity index is 959. The molecule has 0 saturated carbocycles. The number of piperazine rings is 1. The van der Waals surface area contributed by atoms with E-state index >= 15 is 0 Å². The maximum atomic E-state index is 13.0. The molecule has 2 atom stereocenters. The number of fused-ring (bicyclic) bond motifs is 2. The summed E-state index contributed by atoms with van der Waals surface area (Å²) in [5.41, 5.74) is 1.99. The molecule has 168 valence electrons. The number of nitrogens with one attached hydrogen (secondary N) is 1. The Morgan fingerprint density at radius 1 is 1.06 bits per heavy atom. The van der Waals surface area contributed by atoms with Crippen LogP contribution in [0.5, 0.6) is 17.2 Å². The predicted octanol–water partition coefficient (Wildman–Crippen LogP) is -0.00758. The topological polar surface area (TPSA) is 114 Å². The van der Waals surface area contributed by atoms with Crippen LogP contribution >= 0.6 is 0 Å². The number of hydrogen-bond acceptors (Lipinski definition) is 7. The zero-order valence-corrected chi connectivity index (χ0v) is 18.5. The number of ether oxygens (including phenoxy) is 3. The van der Waals surface area contributed by atoms with E-state index in [-0.39, 0.29) is 31.3 Å². The van der Waals surface area contributed by atoms with E-state index in [1.165, 1.54) is 31.1 Å². The Morgan fingerprint density at radius 3 is 2.23 bits per heavy atom. The van der Waals surface area contributed by atoms with Gasteiger partial charge in [0.15, 0.2) is 11.5 Å². The van der Waals surface area contributed by atoms with Crippen molar-refractivity contribution < 1.29 is 33.4 Å². The zero-order valence-electron chi connectivity index (χ0n) is 18.5. The number of rotatable bonds is 6. The normalized spacial score (nSPS) is 20.1. The summed E-state index contributed by atoms with van der Waals surface area (Å²) in [6, 6.07) is -1.51. The quantitative estimate of drug-likeness (QED) is 0.628. The van der Waals surface area contributed by atoms with E-state index in [9.17, 15) is 19.2 Å². The van der Waals surface area contributed by atoms with Crippen molar-refractivity contribution in [1.82, 2.24) is 15.1 Å². The van der Waals surface area contributed by atoms with Crippen LogP contribution in [-0.4, -0.2) is 80.8 Å². The third kappa shape index (κ3) is 3.55. The number of ketones is 1. The van der Waals surface area contributed by atoms with Gasteiger partial charge in [-0.3, -0.25) is 19.2 Å². The summed E-state index contributed by atoms with van der Waals surface area (Å²) in [5.74, 6) is -0.532. The van der Waals surface area contributed by atoms with E-state index in [4.69, 9.17) is 14.2 Å². The van der Waals surface area contributed by atoms with E-state index in [1.807, 2.05) is 6.92 Å². The number of Topliss-reactive ketones (excluding diaryl/α,β-unsaturated/α-hetero) is 1. The van der Waals surface area contributed by atoms with Crippen LogP contribution in [0.3, 0.4) is 0 Å². The lowest BCUT2D eigenvalue weighted by Crippen LogP contribution is -2.63. The van der Waals surface area contributed by atoms with Crippen molar-refractivity contribution in [2.45, 2.75) is 32.4 Å². The van der Waals surface area contributed by atoms with E-state index in [0.29, 0.717) is 33.9 Å². The molecule has 1 N–H and O–H groups in total. The minimum absolute atomic E-state index is 0.0730. The Labute approximate surface area is 180 Å². The summed E-state index contributed by atoms with van der Waals surface area (Å²) in [6.45, 7) is 2.83. The second-order valence-corrected chi connectivity index (χ2v) is 7.61. The highest BCUT2D eigenvalue weighted by molar-refractivity contribution is 6.35. The second kappa shape index (κ2) is 8.44. The molecular weight excluding hydrogens is 406 g/mol. The predicted molar refractivity (Wildman–Crippen MR) is 109 cm³/mol. The summed E-state index contributed by atoms with van der Waals surface area (Å²) in [6.07, 6.45) is 0.228. The molecule has 2 aliphatic heterocycles.